The van der Waals surface area contributed by atoms with Crippen LogP contribution in [0.4, 0.5) is 13.2 Å². The molecule has 0 aromatic carbocycles. The molecule has 0 fully saturated rings. The summed E-state index contributed by atoms with van der Waals surface area (Å²) in [6.45, 7) is 4.65. The van der Waals surface area contributed by atoms with Crippen molar-refractivity contribution in [1.82, 2.24) is 10.3 Å². The van der Waals surface area contributed by atoms with Gasteiger partial charge in [0, 0.05) is 17.8 Å². The van der Waals surface area contributed by atoms with Crippen LogP contribution >= 0.6 is 24.0 Å². The Morgan fingerprint density at radius 1 is 1.36 bits per heavy atom. The van der Waals surface area contributed by atoms with Crippen molar-refractivity contribution in [2.75, 3.05) is 6.61 Å². The number of hydrogen-bond acceptors (Lipinski definition) is 3. The van der Waals surface area contributed by atoms with Gasteiger partial charge < -0.3 is 15.8 Å². The van der Waals surface area contributed by atoms with Crippen LogP contribution in [0.2, 0.25) is 0 Å². The smallest absolute Gasteiger partial charge is 0.422 e. The number of hydrogen-bond donors (Lipinski definition) is 2. The highest BCUT2D eigenvalue weighted by molar-refractivity contribution is 14.0. The van der Waals surface area contributed by atoms with E-state index in [9.17, 15) is 13.2 Å². The quantitative estimate of drug-likeness (QED) is 0.436. The number of aliphatic imine (C=N–C) groups is 1. The highest BCUT2D eigenvalue weighted by Crippen LogP contribution is 2.17. The fraction of sp³-hybridized carbons (Fsp3) is 0.538. The largest absolute Gasteiger partial charge is 0.468 e. The summed E-state index contributed by atoms with van der Waals surface area (Å²) in [5.41, 5.74) is 6.14. The number of nitrogens with zero attached hydrogens (tertiary/aromatic N) is 2. The van der Waals surface area contributed by atoms with Crippen LogP contribution in [0.15, 0.2) is 23.3 Å². The van der Waals surface area contributed by atoms with E-state index in [4.69, 9.17) is 5.73 Å². The SMILES string of the molecule is CC(C)(C)NC(N)=NCc1ccnc(OCC(F)(F)F)c1.I. The fourth-order valence-corrected chi connectivity index (χ4v) is 1.38. The Balaban J connectivity index is 0.00000441. The van der Waals surface area contributed by atoms with E-state index in [1.54, 1.807) is 6.07 Å². The van der Waals surface area contributed by atoms with Crippen LogP contribution < -0.4 is 15.8 Å². The Hall–Kier alpha value is -1.26. The zero-order valence-electron chi connectivity index (χ0n) is 12.6. The summed E-state index contributed by atoms with van der Waals surface area (Å²) in [7, 11) is 0. The monoisotopic (exact) mass is 432 g/mol. The van der Waals surface area contributed by atoms with Crippen molar-refractivity contribution in [3.05, 3.63) is 23.9 Å². The molecule has 0 aliphatic rings. The Morgan fingerprint density at radius 3 is 2.55 bits per heavy atom. The van der Waals surface area contributed by atoms with Gasteiger partial charge in [-0.25, -0.2) is 9.98 Å². The predicted molar refractivity (Wildman–Crippen MR) is 89.4 cm³/mol. The molecule has 22 heavy (non-hydrogen) atoms. The molecular formula is C13H20F3IN4O. The average Bonchev–Trinajstić information content (AvgIpc) is 2.32. The minimum atomic E-state index is -4.39. The number of halogens is 4. The molecule has 1 rings (SSSR count). The van der Waals surface area contributed by atoms with Crippen LogP contribution in [-0.4, -0.2) is 29.3 Å². The topological polar surface area (TPSA) is 72.5 Å². The van der Waals surface area contributed by atoms with Gasteiger partial charge in [0.2, 0.25) is 5.88 Å². The van der Waals surface area contributed by atoms with Crippen LogP contribution in [0, 0.1) is 0 Å². The van der Waals surface area contributed by atoms with Crippen molar-refractivity contribution >= 4 is 29.9 Å². The average molecular weight is 432 g/mol. The summed E-state index contributed by atoms with van der Waals surface area (Å²) in [5, 5.41) is 2.98. The van der Waals surface area contributed by atoms with Crippen molar-refractivity contribution < 1.29 is 17.9 Å². The molecule has 0 bridgehead atoms. The van der Waals surface area contributed by atoms with Crippen LogP contribution in [0.3, 0.4) is 0 Å². The molecule has 0 saturated carbocycles. The number of rotatable bonds is 4. The molecule has 0 spiro atoms. The standard InChI is InChI=1S/C13H19F3N4O.HI/c1-12(2,3)20-11(17)19-7-9-4-5-18-10(6-9)21-8-13(14,15)16;/h4-6H,7-8H2,1-3H3,(H3,17,19,20);1H. The number of guanidine groups is 1. The third-order valence-corrected chi connectivity index (χ3v) is 2.12. The van der Waals surface area contributed by atoms with Crippen LogP contribution in [0.5, 0.6) is 5.88 Å². The molecule has 126 valence electrons. The predicted octanol–water partition coefficient (Wildman–Crippen LogP) is 2.84. The molecule has 0 atom stereocenters. The highest BCUT2D eigenvalue weighted by atomic mass is 127. The minimum Gasteiger partial charge on any atom is -0.468 e. The van der Waals surface area contributed by atoms with E-state index in [0.29, 0.717) is 5.56 Å². The second-order valence-electron chi connectivity index (χ2n) is 5.48. The van der Waals surface area contributed by atoms with Gasteiger partial charge in [-0.3, -0.25) is 0 Å². The van der Waals surface area contributed by atoms with E-state index in [1.165, 1.54) is 12.3 Å². The first kappa shape index (κ1) is 20.7. The Kier molecular flexibility index (Phi) is 7.91. The molecule has 3 N–H and O–H groups in total. The number of alkyl halides is 3. The Bertz CT molecular complexity index is 501. The van der Waals surface area contributed by atoms with E-state index >= 15 is 0 Å². The summed E-state index contributed by atoms with van der Waals surface area (Å²) >= 11 is 0. The summed E-state index contributed by atoms with van der Waals surface area (Å²) in [6, 6.07) is 3.04. The van der Waals surface area contributed by atoms with Crippen LogP contribution in [0.25, 0.3) is 0 Å². The number of nitrogens with two attached hydrogens (primary N) is 1. The first-order valence-electron chi connectivity index (χ1n) is 6.28. The molecule has 0 aliphatic heterocycles. The first-order chi connectivity index (χ1) is 9.55. The zero-order chi connectivity index (χ0) is 16.1. The number of ether oxygens (including phenoxy) is 1. The summed E-state index contributed by atoms with van der Waals surface area (Å²) in [6.07, 6.45) is -3.03. The molecule has 0 saturated heterocycles. The molecule has 0 aliphatic carbocycles. The van der Waals surface area contributed by atoms with Crippen molar-refractivity contribution in [1.29, 1.82) is 0 Å². The van der Waals surface area contributed by atoms with Crippen molar-refractivity contribution in [3.8, 4) is 5.88 Å². The number of aromatic nitrogens is 1. The molecule has 1 heterocycles. The maximum atomic E-state index is 12.1. The van der Waals surface area contributed by atoms with Gasteiger partial charge in [0.15, 0.2) is 12.6 Å². The molecule has 1 aromatic heterocycles. The lowest BCUT2D eigenvalue weighted by molar-refractivity contribution is -0.154. The number of pyridine rings is 1. The van der Waals surface area contributed by atoms with Gasteiger partial charge in [-0.2, -0.15) is 13.2 Å². The second kappa shape index (κ2) is 8.39. The summed E-state index contributed by atoms with van der Waals surface area (Å²) in [4.78, 5) is 7.82. The third kappa shape index (κ3) is 9.64. The Labute approximate surface area is 144 Å². The van der Waals surface area contributed by atoms with Crippen LogP contribution in [0.1, 0.15) is 26.3 Å². The van der Waals surface area contributed by atoms with Crippen molar-refractivity contribution in [2.24, 2.45) is 10.7 Å². The molecule has 0 unspecified atom stereocenters. The van der Waals surface area contributed by atoms with E-state index in [-0.39, 0.29) is 47.9 Å². The lowest BCUT2D eigenvalue weighted by atomic mass is 10.1. The molecule has 1 aromatic rings. The fourth-order valence-electron chi connectivity index (χ4n) is 1.38. The van der Waals surface area contributed by atoms with E-state index < -0.39 is 12.8 Å². The van der Waals surface area contributed by atoms with Crippen molar-refractivity contribution in [2.45, 2.75) is 39.0 Å². The van der Waals surface area contributed by atoms with Crippen molar-refractivity contribution in [3.63, 3.8) is 0 Å². The normalized spacial score (nSPS) is 12.5. The zero-order valence-corrected chi connectivity index (χ0v) is 14.9. The maximum Gasteiger partial charge on any atom is 0.422 e. The van der Waals surface area contributed by atoms with E-state index in [0.717, 1.165) is 0 Å². The molecule has 0 radical (unpaired) electrons. The lowest BCUT2D eigenvalue weighted by Crippen LogP contribution is -2.44. The van der Waals surface area contributed by atoms with Gasteiger partial charge in [-0.15, -0.1) is 24.0 Å². The van der Waals surface area contributed by atoms with Gasteiger partial charge in [-0.05, 0) is 32.4 Å². The first-order valence-corrected chi connectivity index (χ1v) is 6.28. The summed E-state index contributed by atoms with van der Waals surface area (Å²) in [5.74, 6) is 0.166. The number of nitrogens with one attached hydrogen (secondary N) is 1. The molecule has 9 heteroatoms. The maximum absolute atomic E-state index is 12.1. The van der Waals surface area contributed by atoms with Gasteiger partial charge in [0.25, 0.3) is 0 Å². The van der Waals surface area contributed by atoms with Crippen LogP contribution in [-0.2, 0) is 6.54 Å². The van der Waals surface area contributed by atoms with Gasteiger partial charge in [0.05, 0.1) is 6.54 Å². The summed E-state index contributed by atoms with van der Waals surface area (Å²) < 4.78 is 40.7. The molecular weight excluding hydrogens is 412 g/mol. The highest BCUT2D eigenvalue weighted by Gasteiger charge is 2.28. The molecule has 5 nitrogen and oxygen atoms in total. The lowest BCUT2D eigenvalue weighted by Gasteiger charge is -2.21. The third-order valence-electron chi connectivity index (χ3n) is 2.12. The van der Waals surface area contributed by atoms with E-state index in [2.05, 4.69) is 20.0 Å². The minimum absolute atomic E-state index is 0. The van der Waals surface area contributed by atoms with Gasteiger partial charge in [-0.1, -0.05) is 0 Å². The molecule has 0 amide bonds. The van der Waals surface area contributed by atoms with Gasteiger partial charge in [0.1, 0.15) is 0 Å². The van der Waals surface area contributed by atoms with Gasteiger partial charge >= 0.3 is 6.18 Å². The second-order valence-corrected chi connectivity index (χ2v) is 5.48. The Morgan fingerprint density at radius 2 is 2.00 bits per heavy atom. The van der Waals surface area contributed by atoms with E-state index in [1.807, 2.05) is 20.8 Å².